The number of fused-ring (bicyclic) bond motifs is 1. The van der Waals surface area contributed by atoms with E-state index in [0.29, 0.717) is 28.7 Å². The molecule has 1 fully saturated rings. The third-order valence-electron chi connectivity index (χ3n) is 5.87. The molecule has 5 rings (SSSR count). The minimum absolute atomic E-state index is 0.0232. The third kappa shape index (κ3) is 4.21. The van der Waals surface area contributed by atoms with E-state index in [4.69, 9.17) is 9.73 Å². The molecule has 0 radical (unpaired) electrons. The number of benzene rings is 1. The van der Waals surface area contributed by atoms with Crippen LogP contribution in [0.25, 0.3) is 10.9 Å². The number of aromatic amines is 1. The molecule has 33 heavy (non-hydrogen) atoms. The van der Waals surface area contributed by atoms with Gasteiger partial charge in [-0.25, -0.2) is 4.98 Å². The van der Waals surface area contributed by atoms with Crippen LogP contribution in [0.1, 0.15) is 5.69 Å². The van der Waals surface area contributed by atoms with Crippen LogP contribution in [-0.2, 0) is 10.0 Å². The molecule has 0 bridgehead atoms. The molecule has 3 aromatic rings. The molecule has 1 aromatic carbocycles. The maximum Gasteiger partial charge on any atom is 0.281 e. The quantitative estimate of drug-likeness (QED) is 0.524. The Morgan fingerprint density at radius 3 is 2.82 bits per heavy atom. The fourth-order valence-corrected chi connectivity index (χ4v) is 6.35. The molecule has 0 aliphatic carbocycles. The first-order chi connectivity index (χ1) is 15.8. The van der Waals surface area contributed by atoms with Gasteiger partial charge in [0.2, 0.25) is 0 Å². The number of methoxy groups -OCH3 is 1. The summed E-state index contributed by atoms with van der Waals surface area (Å²) >= 11 is 1.71. The highest BCUT2D eigenvalue weighted by molar-refractivity contribution is 8.15. The van der Waals surface area contributed by atoms with Crippen molar-refractivity contribution in [2.45, 2.75) is 16.4 Å². The molecule has 1 unspecified atom stereocenters. The van der Waals surface area contributed by atoms with Gasteiger partial charge in [0.15, 0.2) is 5.03 Å². The summed E-state index contributed by atoms with van der Waals surface area (Å²) in [4.78, 5) is 14.3. The van der Waals surface area contributed by atoms with Gasteiger partial charge in [-0.1, -0.05) is 17.8 Å². The maximum absolute atomic E-state index is 13.2. The van der Waals surface area contributed by atoms with Crippen molar-refractivity contribution >= 4 is 43.4 Å². The molecule has 0 amide bonds. The number of aliphatic imine (C=N–C) groups is 1. The van der Waals surface area contributed by atoms with Crippen LogP contribution < -0.4 is 9.04 Å². The zero-order chi connectivity index (χ0) is 23.2. The lowest BCUT2D eigenvalue weighted by atomic mass is 10.1. The Morgan fingerprint density at radius 1 is 1.30 bits per heavy atom. The second-order valence-electron chi connectivity index (χ2n) is 8.19. The van der Waals surface area contributed by atoms with E-state index < -0.39 is 10.0 Å². The first kappa shape index (κ1) is 22.2. The molecule has 2 aliphatic heterocycles. The average molecular weight is 488 g/mol. The summed E-state index contributed by atoms with van der Waals surface area (Å²) in [5.74, 6) is 0.557. The van der Waals surface area contributed by atoms with Crippen molar-refractivity contribution in [2.75, 3.05) is 44.6 Å². The van der Waals surface area contributed by atoms with Crippen LogP contribution in [0.3, 0.4) is 0 Å². The number of nitrogens with zero attached hydrogens (tertiary/aromatic N) is 4. The molecule has 9 nitrogen and oxygen atoms in total. The van der Waals surface area contributed by atoms with Crippen molar-refractivity contribution in [3.63, 3.8) is 0 Å². The normalized spacial score (nSPS) is 19.5. The van der Waals surface area contributed by atoms with E-state index >= 15 is 0 Å². The van der Waals surface area contributed by atoms with Crippen molar-refractivity contribution in [3.05, 3.63) is 48.3 Å². The number of aliphatic hydroxyl groups excluding tert-OH is 1. The second kappa shape index (κ2) is 8.64. The highest BCUT2D eigenvalue weighted by atomic mass is 32.2. The van der Waals surface area contributed by atoms with Crippen LogP contribution in [0, 0.1) is 0 Å². The molecule has 174 valence electrons. The Morgan fingerprint density at radius 2 is 2.12 bits per heavy atom. The lowest BCUT2D eigenvalue weighted by Gasteiger charge is -2.37. The average Bonchev–Trinajstić information content (AvgIpc) is 3.44. The van der Waals surface area contributed by atoms with Gasteiger partial charge in [-0.15, -0.1) is 0 Å². The first-order valence-corrected chi connectivity index (χ1v) is 12.9. The minimum Gasteiger partial charge on any atom is -0.497 e. The first-order valence-electron chi connectivity index (χ1n) is 10.6. The van der Waals surface area contributed by atoms with Crippen LogP contribution >= 0.6 is 11.8 Å². The molecule has 4 heterocycles. The minimum atomic E-state index is -3.86. The number of likely N-dealkylation sites (tertiary alicyclic amines) is 1. The third-order valence-corrected chi connectivity index (χ3v) is 8.76. The zero-order valence-corrected chi connectivity index (χ0v) is 19.9. The van der Waals surface area contributed by atoms with Crippen LogP contribution in [-0.4, -0.2) is 85.1 Å². The monoisotopic (exact) mass is 487 g/mol. The number of rotatable bonds is 7. The molecular formula is C22H25N5O4S2. The lowest BCUT2D eigenvalue weighted by Crippen LogP contribution is -2.52. The Bertz CT molecular complexity index is 1300. The number of thioether (sulfide) groups is 1. The number of pyridine rings is 1. The summed E-state index contributed by atoms with van der Waals surface area (Å²) in [6.07, 6.45) is 1.25. The van der Waals surface area contributed by atoms with E-state index in [1.165, 1.54) is 23.6 Å². The summed E-state index contributed by atoms with van der Waals surface area (Å²) in [6, 6.07) is 10.4. The predicted octanol–water partition coefficient (Wildman–Crippen LogP) is 1.94. The standard InChI is InChI=1S/C22H25N5O4S2/c1-26(33(29,30)20-5-3-4-6-23-20)19-9-16(31-2)7-14-8-18(25-21(14)19)22-24-10-17(32-22)13-27-11-15(28)12-27/h3-9,15,17,25,28H,10-13H2,1-2H3. The number of aromatic nitrogens is 2. The van der Waals surface area contributed by atoms with Crippen molar-refractivity contribution in [2.24, 2.45) is 4.99 Å². The largest absolute Gasteiger partial charge is 0.497 e. The SMILES string of the molecule is COc1cc(N(C)S(=O)(=O)c2ccccn2)c2[nH]c(C3=NCC(CN4CC(O)C4)S3)cc2c1. The molecule has 1 atom stereocenters. The number of anilines is 1. The topological polar surface area (TPSA) is 111 Å². The van der Waals surface area contributed by atoms with Crippen molar-refractivity contribution in [1.82, 2.24) is 14.9 Å². The van der Waals surface area contributed by atoms with E-state index in [-0.39, 0.29) is 11.1 Å². The van der Waals surface area contributed by atoms with Gasteiger partial charge in [0.25, 0.3) is 10.0 Å². The van der Waals surface area contributed by atoms with Crippen LogP contribution in [0.2, 0.25) is 0 Å². The Balaban J connectivity index is 1.45. The van der Waals surface area contributed by atoms with Gasteiger partial charge in [0, 0.05) is 49.6 Å². The van der Waals surface area contributed by atoms with E-state index in [1.807, 2.05) is 12.1 Å². The van der Waals surface area contributed by atoms with Gasteiger partial charge in [-0.3, -0.25) is 14.2 Å². The summed E-state index contributed by atoms with van der Waals surface area (Å²) in [5, 5.41) is 11.5. The number of nitrogens with one attached hydrogen (secondary N) is 1. The van der Waals surface area contributed by atoms with E-state index in [0.717, 1.165) is 35.8 Å². The molecule has 0 saturated carbocycles. The lowest BCUT2D eigenvalue weighted by molar-refractivity contribution is 0.00320. The smallest absolute Gasteiger partial charge is 0.281 e. The highest BCUT2D eigenvalue weighted by Crippen LogP contribution is 2.36. The predicted molar refractivity (Wildman–Crippen MR) is 130 cm³/mol. The molecular weight excluding hydrogens is 462 g/mol. The van der Waals surface area contributed by atoms with Crippen molar-refractivity contribution in [3.8, 4) is 5.75 Å². The number of β-amino-alcohol motifs (C(OH)–C–C–N with tert-alkyl or cyclic N) is 1. The Labute approximate surface area is 196 Å². The van der Waals surface area contributed by atoms with Gasteiger partial charge in [-0.2, -0.15) is 8.42 Å². The van der Waals surface area contributed by atoms with Crippen molar-refractivity contribution in [1.29, 1.82) is 0 Å². The zero-order valence-electron chi connectivity index (χ0n) is 18.3. The molecule has 1 saturated heterocycles. The van der Waals surface area contributed by atoms with Gasteiger partial charge in [0.1, 0.15) is 10.8 Å². The van der Waals surface area contributed by atoms with E-state index in [9.17, 15) is 13.5 Å². The Kier molecular flexibility index (Phi) is 5.81. The Hall–Kier alpha value is -2.60. The summed E-state index contributed by atoms with van der Waals surface area (Å²) in [6.45, 7) is 3.04. The fraction of sp³-hybridized carbons (Fsp3) is 0.364. The van der Waals surface area contributed by atoms with Gasteiger partial charge in [-0.05, 0) is 24.3 Å². The number of ether oxygens (including phenoxy) is 1. The maximum atomic E-state index is 13.2. The van der Waals surface area contributed by atoms with E-state index in [2.05, 4.69) is 14.9 Å². The number of H-pyrrole nitrogens is 1. The highest BCUT2D eigenvalue weighted by Gasteiger charge is 2.31. The summed E-state index contributed by atoms with van der Waals surface area (Å²) in [5.41, 5.74) is 2.00. The summed E-state index contributed by atoms with van der Waals surface area (Å²) < 4.78 is 33.1. The van der Waals surface area contributed by atoms with Gasteiger partial charge in [0.05, 0.1) is 36.7 Å². The van der Waals surface area contributed by atoms with Crippen LogP contribution in [0.15, 0.2) is 52.6 Å². The molecule has 2 aromatic heterocycles. The van der Waals surface area contributed by atoms with Crippen molar-refractivity contribution < 1.29 is 18.3 Å². The summed E-state index contributed by atoms with van der Waals surface area (Å²) in [7, 11) is -0.789. The van der Waals surface area contributed by atoms with Crippen LogP contribution in [0.4, 0.5) is 5.69 Å². The van der Waals surface area contributed by atoms with Gasteiger partial charge >= 0.3 is 0 Å². The molecule has 2 aliphatic rings. The van der Waals surface area contributed by atoms with E-state index in [1.54, 1.807) is 37.1 Å². The fourth-order valence-electron chi connectivity index (χ4n) is 4.09. The second-order valence-corrected chi connectivity index (χ2v) is 11.4. The molecule has 2 N–H and O–H groups in total. The number of hydrogen-bond donors (Lipinski definition) is 2. The number of hydrogen-bond acceptors (Lipinski definition) is 8. The number of aliphatic hydroxyl groups is 1. The van der Waals surface area contributed by atoms with Gasteiger partial charge < -0.3 is 14.8 Å². The number of sulfonamides is 1. The van der Waals surface area contributed by atoms with Crippen LogP contribution in [0.5, 0.6) is 5.75 Å². The molecule has 11 heteroatoms. The molecule has 0 spiro atoms.